The lowest BCUT2D eigenvalue weighted by Crippen LogP contribution is -2.28. The molecule has 0 aliphatic heterocycles. The second kappa shape index (κ2) is 14.5. The normalized spacial score (nSPS) is 11.8. The molecule has 206 valence electrons. The van der Waals surface area contributed by atoms with Crippen molar-refractivity contribution in [2.24, 2.45) is 0 Å². The molecular formula is C31H46ClNO4. The number of hydrogen-bond acceptors (Lipinski definition) is 4. The summed E-state index contributed by atoms with van der Waals surface area (Å²) in [7, 11) is 0. The molecule has 0 spiro atoms. The van der Waals surface area contributed by atoms with Crippen LogP contribution in [0.3, 0.4) is 0 Å². The Morgan fingerprint density at radius 2 is 1.59 bits per heavy atom. The fourth-order valence-electron chi connectivity index (χ4n) is 3.61. The predicted octanol–water partition coefficient (Wildman–Crippen LogP) is 8.08. The molecule has 2 rings (SSSR count). The number of benzene rings is 2. The molecule has 2 aromatic rings. The summed E-state index contributed by atoms with van der Waals surface area (Å²) < 4.78 is 18.4. The fraction of sp³-hybridized carbons (Fsp3) is 0.581. The molecule has 37 heavy (non-hydrogen) atoms. The van der Waals surface area contributed by atoms with Crippen molar-refractivity contribution < 1.29 is 19.0 Å². The molecule has 0 atom stereocenters. The third-order valence-electron chi connectivity index (χ3n) is 6.66. The second-order valence-corrected chi connectivity index (χ2v) is 11.3. The van der Waals surface area contributed by atoms with Gasteiger partial charge in [0, 0.05) is 24.1 Å². The lowest BCUT2D eigenvalue weighted by atomic mass is 10.0. The third-order valence-corrected chi connectivity index (χ3v) is 6.89. The molecule has 0 saturated heterocycles. The molecule has 5 nitrogen and oxygen atoms in total. The summed E-state index contributed by atoms with van der Waals surface area (Å²) in [5.41, 5.74) is 1.69. The monoisotopic (exact) mass is 531 g/mol. The molecule has 0 fully saturated rings. The van der Waals surface area contributed by atoms with Crippen LogP contribution in [0.4, 0.5) is 0 Å². The highest BCUT2D eigenvalue weighted by molar-refractivity contribution is 6.30. The molecule has 0 heterocycles. The van der Waals surface area contributed by atoms with Gasteiger partial charge < -0.3 is 19.5 Å². The number of amides is 1. The minimum absolute atomic E-state index is 0.0604. The van der Waals surface area contributed by atoms with Crippen LogP contribution >= 0.6 is 11.6 Å². The van der Waals surface area contributed by atoms with E-state index in [2.05, 4.69) is 52.9 Å². The summed E-state index contributed by atoms with van der Waals surface area (Å²) in [5.74, 6) is 2.59. The molecule has 1 amide bonds. The van der Waals surface area contributed by atoms with Gasteiger partial charge in [-0.3, -0.25) is 4.79 Å². The Balaban J connectivity index is 1.77. The van der Waals surface area contributed by atoms with Crippen LogP contribution in [-0.2, 0) is 11.2 Å². The Kier molecular flexibility index (Phi) is 12.1. The highest BCUT2D eigenvalue weighted by Crippen LogP contribution is 2.32. The van der Waals surface area contributed by atoms with Crippen molar-refractivity contribution in [2.45, 2.75) is 105 Å². The number of halogens is 1. The van der Waals surface area contributed by atoms with E-state index in [1.807, 2.05) is 37.3 Å². The van der Waals surface area contributed by atoms with E-state index in [0.29, 0.717) is 31.0 Å². The zero-order chi connectivity index (χ0) is 27.5. The standard InChI is InChI=1S/C31H46ClNO4/c1-8-30(4,5)36-26-17-15-24(28(22-26)37-31(6,7)9-2)13-10-11-19-33-29(34)14-12-20-35-27-18-16-25(32)21-23(27)3/h15-18,21-22H,8-14,19-20H2,1-7H3,(H,33,34). The maximum Gasteiger partial charge on any atom is 0.220 e. The number of carbonyl (C=O) groups is 1. The van der Waals surface area contributed by atoms with Gasteiger partial charge in [-0.1, -0.05) is 31.5 Å². The highest BCUT2D eigenvalue weighted by Gasteiger charge is 2.21. The smallest absolute Gasteiger partial charge is 0.220 e. The van der Waals surface area contributed by atoms with E-state index >= 15 is 0 Å². The van der Waals surface area contributed by atoms with Gasteiger partial charge in [0.2, 0.25) is 5.91 Å². The molecule has 0 aliphatic carbocycles. The van der Waals surface area contributed by atoms with Crippen molar-refractivity contribution in [3.8, 4) is 17.2 Å². The molecule has 0 aliphatic rings. The Hall–Kier alpha value is -2.40. The zero-order valence-corrected chi connectivity index (χ0v) is 24.6. The summed E-state index contributed by atoms with van der Waals surface area (Å²) in [4.78, 5) is 12.2. The molecule has 6 heteroatoms. The average Bonchev–Trinajstić information content (AvgIpc) is 2.83. The van der Waals surface area contributed by atoms with Crippen LogP contribution in [0.15, 0.2) is 36.4 Å². The van der Waals surface area contributed by atoms with E-state index in [1.165, 1.54) is 5.56 Å². The van der Waals surface area contributed by atoms with Gasteiger partial charge in [-0.25, -0.2) is 0 Å². The molecule has 0 bridgehead atoms. The molecular weight excluding hydrogens is 486 g/mol. The molecule has 0 unspecified atom stereocenters. The van der Waals surface area contributed by atoms with Crippen LogP contribution in [0.2, 0.25) is 5.02 Å². The SMILES string of the molecule is CCC(C)(C)Oc1ccc(CCCCNC(=O)CCCOc2ccc(Cl)cc2C)c(OC(C)(C)CC)c1. The Bertz CT molecular complexity index is 1000. The Morgan fingerprint density at radius 1 is 0.892 bits per heavy atom. The van der Waals surface area contributed by atoms with Crippen molar-refractivity contribution in [1.82, 2.24) is 5.32 Å². The van der Waals surface area contributed by atoms with Crippen LogP contribution in [0.25, 0.3) is 0 Å². The molecule has 2 aromatic carbocycles. The van der Waals surface area contributed by atoms with Crippen LogP contribution < -0.4 is 19.5 Å². The van der Waals surface area contributed by atoms with Gasteiger partial charge in [0.15, 0.2) is 0 Å². The third kappa shape index (κ3) is 11.3. The van der Waals surface area contributed by atoms with Crippen LogP contribution in [0.1, 0.15) is 91.2 Å². The van der Waals surface area contributed by atoms with Crippen molar-refractivity contribution >= 4 is 17.5 Å². The van der Waals surface area contributed by atoms with Gasteiger partial charge in [-0.15, -0.1) is 0 Å². The minimum atomic E-state index is -0.252. The van der Waals surface area contributed by atoms with E-state index < -0.39 is 0 Å². The number of rotatable bonds is 16. The van der Waals surface area contributed by atoms with Crippen molar-refractivity contribution in [3.63, 3.8) is 0 Å². The number of hydrogen-bond donors (Lipinski definition) is 1. The van der Waals surface area contributed by atoms with Gasteiger partial charge in [0.25, 0.3) is 0 Å². The average molecular weight is 532 g/mol. The van der Waals surface area contributed by atoms with Gasteiger partial charge in [-0.05, 0) is 109 Å². The molecule has 0 saturated carbocycles. The van der Waals surface area contributed by atoms with Crippen LogP contribution in [0.5, 0.6) is 17.2 Å². The number of carbonyl (C=O) groups excluding carboxylic acids is 1. The molecule has 0 aromatic heterocycles. The first kappa shape index (κ1) is 30.8. The van der Waals surface area contributed by atoms with Crippen molar-refractivity contribution in [3.05, 3.63) is 52.5 Å². The molecule has 1 N–H and O–H groups in total. The first-order chi connectivity index (χ1) is 17.4. The Morgan fingerprint density at radius 3 is 2.27 bits per heavy atom. The van der Waals surface area contributed by atoms with E-state index in [1.54, 1.807) is 0 Å². The quantitative estimate of drug-likeness (QED) is 0.222. The summed E-state index contributed by atoms with van der Waals surface area (Å²) in [6.07, 6.45) is 5.71. The van der Waals surface area contributed by atoms with Gasteiger partial charge in [0.05, 0.1) is 6.61 Å². The number of unbranched alkanes of at least 4 members (excludes halogenated alkanes) is 1. The summed E-state index contributed by atoms with van der Waals surface area (Å²) in [6.45, 7) is 15.8. The number of ether oxygens (including phenoxy) is 3. The van der Waals surface area contributed by atoms with Crippen molar-refractivity contribution in [1.29, 1.82) is 0 Å². The first-order valence-corrected chi connectivity index (χ1v) is 14.0. The van der Waals surface area contributed by atoms with Crippen LogP contribution in [0, 0.1) is 6.92 Å². The van der Waals surface area contributed by atoms with Crippen LogP contribution in [-0.4, -0.2) is 30.3 Å². The summed E-state index contributed by atoms with van der Waals surface area (Å²) >= 11 is 5.98. The minimum Gasteiger partial charge on any atom is -0.493 e. The number of aryl methyl sites for hydroxylation is 2. The second-order valence-electron chi connectivity index (χ2n) is 10.9. The lowest BCUT2D eigenvalue weighted by molar-refractivity contribution is -0.121. The number of nitrogens with one attached hydrogen (secondary N) is 1. The zero-order valence-electron chi connectivity index (χ0n) is 23.8. The summed E-state index contributed by atoms with van der Waals surface area (Å²) in [6, 6.07) is 11.7. The van der Waals surface area contributed by atoms with Gasteiger partial charge in [-0.2, -0.15) is 0 Å². The largest absolute Gasteiger partial charge is 0.493 e. The lowest BCUT2D eigenvalue weighted by Gasteiger charge is -2.29. The first-order valence-electron chi connectivity index (χ1n) is 13.6. The highest BCUT2D eigenvalue weighted by atomic mass is 35.5. The van der Waals surface area contributed by atoms with Crippen molar-refractivity contribution in [2.75, 3.05) is 13.2 Å². The summed E-state index contributed by atoms with van der Waals surface area (Å²) in [5, 5.41) is 3.72. The maximum absolute atomic E-state index is 12.2. The van der Waals surface area contributed by atoms with Gasteiger partial charge in [0.1, 0.15) is 28.5 Å². The topological polar surface area (TPSA) is 56.8 Å². The fourth-order valence-corrected chi connectivity index (χ4v) is 3.83. The van der Waals surface area contributed by atoms with E-state index in [9.17, 15) is 4.79 Å². The Labute approximate surface area is 229 Å². The van der Waals surface area contributed by atoms with E-state index in [0.717, 1.165) is 54.9 Å². The van der Waals surface area contributed by atoms with E-state index in [-0.39, 0.29) is 17.1 Å². The van der Waals surface area contributed by atoms with E-state index in [4.69, 9.17) is 25.8 Å². The van der Waals surface area contributed by atoms with Gasteiger partial charge >= 0.3 is 0 Å². The maximum atomic E-state index is 12.2. The molecule has 0 radical (unpaired) electrons. The predicted molar refractivity (Wildman–Crippen MR) is 153 cm³/mol.